The van der Waals surface area contributed by atoms with E-state index in [1.54, 1.807) is 0 Å². The molecule has 0 aliphatic heterocycles. The standard InChI is InChI=1S/C18H33NO/c1-2-3-4-5-6-7-8-9-10-11-12-13-14-15-16-17-18(19)20/h6-7,9-10H,2-5,8,11-17H2,1H3,(H2,19,20)/b7-6+,10-9+. The summed E-state index contributed by atoms with van der Waals surface area (Å²) in [6.07, 6.45) is 23.0. The molecule has 0 aliphatic carbocycles. The lowest BCUT2D eigenvalue weighted by atomic mass is 10.1. The number of carbonyl (C=O) groups excluding carboxylic acids is 1. The molecule has 2 heteroatoms. The smallest absolute Gasteiger partial charge is 0.217 e. The lowest BCUT2D eigenvalue weighted by molar-refractivity contribution is -0.118. The van der Waals surface area contributed by atoms with E-state index in [1.807, 2.05) is 0 Å². The molecule has 2 nitrogen and oxygen atoms in total. The van der Waals surface area contributed by atoms with Crippen LogP contribution in [0.2, 0.25) is 0 Å². The highest BCUT2D eigenvalue weighted by molar-refractivity contribution is 5.73. The Morgan fingerprint density at radius 3 is 1.95 bits per heavy atom. The molecule has 116 valence electrons. The second kappa shape index (κ2) is 16.0. The van der Waals surface area contributed by atoms with Gasteiger partial charge in [-0.1, -0.05) is 63.3 Å². The van der Waals surface area contributed by atoms with Crippen LogP contribution in [0.3, 0.4) is 0 Å². The number of hydrogen-bond donors (Lipinski definition) is 1. The van der Waals surface area contributed by atoms with Crippen molar-refractivity contribution in [1.82, 2.24) is 0 Å². The van der Waals surface area contributed by atoms with E-state index >= 15 is 0 Å². The first-order valence-corrected chi connectivity index (χ1v) is 8.35. The van der Waals surface area contributed by atoms with Crippen LogP contribution >= 0.6 is 0 Å². The minimum atomic E-state index is -0.171. The van der Waals surface area contributed by atoms with Gasteiger partial charge in [0.15, 0.2) is 0 Å². The molecule has 0 bridgehead atoms. The molecule has 0 heterocycles. The zero-order chi connectivity index (χ0) is 14.9. The summed E-state index contributed by atoms with van der Waals surface area (Å²) in [5, 5.41) is 0. The molecule has 0 saturated carbocycles. The van der Waals surface area contributed by atoms with Gasteiger partial charge in [-0.2, -0.15) is 0 Å². The van der Waals surface area contributed by atoms with Crippen molar-refractivity contribution in [1.29, 1.82) is 0 Å². The Morgan fingerprint density at radius 2 is 1.35 bits per heavy atom. The Morgan fingerprint density at radius 1 is 0.800 bits per heavy atom. The van der Waals surface area contributed by atoms with Gasteiger partial charge in [-0.3, -0.25) is 4.79 Å². The molecule has 0 radical (unpaired) electrons. The van der Waals surface area contributed by atoms with Crippen LogP contribution in [0, 0.1) is 0 Å². The van der Waals surface area contributed by atoms with E-state index in [0.29, 0.717) is 6.42 Å². The van der Waals surface area contributed by atoms with Gasteiger partial charge in [0.05, 0.1) is 0 Å². The van der Waals surface area contributed by atoms with Crippen LogP contribution in [0.15, 0.2) is 24.3 Å². The third-order valence-electron chi connectivity index (χ3n) is 3.37. The minimum Gasteiger partial charge on any atom is -0.370 e. The van der Waals surface area contributed by atoms with Crippen molar-refractivity contribution in [2.45, 2.75) is 84.0 Å². The average molecular weight is 279 g/mol. The second-order valence-corrected chi connectivity index (χ2v) is 5.45. The van der Waals surface area contributed by atoms with Crippen LogP contribution < -0.4 is 5.73 Å². The number of allylic oxidation sites excluding steroid dienone is 4. The van der Waals surface area contributed by atoms with E-state index in [9.17, 15) is 4.79 Å². The second-order valence-electron chi connectivity index (χ2n) is 5.45. The normalized spacial score (nSPS) is 11.7. The lowest BCUT2D eigenvalue weighted by Gasteiger charge is -1.98. The number of primary amides is 1. The zero-order valence-electron chi connectivity index (χ0n) is 13.3. The number of hydrogen-bond acceptors (Lipinski definition) is 1. The molecule has 0 aliphatic rings. The third kappa shape index (κ3) is 16.9. The molecule has 0 rings (SSSR count). The first-order chi connectivity index (χ1) is 9.77. The largest absolute Gasteiger partial charge is 0.370 e. The quantitative estimate of drug-likeness (QED) is 0.341. The molecule has 0 atom stereocenters. The van der Waals surface area contributed by atoms with Crippen LogP contribution in [0.1, 0.15) is 84.0 Å². The minimum absolute atomic E-state index is 0.171. The Labute approximate surface area is 125 Å². The summed E-state index contributed by atoms with van der Waals surface area (Å²) in [6, 6.07) is 0. The number of carbonyl (C=O) groups is 1. The molecule has 0 fully saturated rings. The van der Waals surface area contributed by atoms with Gasteiger partial charge in [0.25, 0.3) is 0 Å². The maximum atomic E-state index is 10.5. The highest BCUT2D eigenvalue weighted by Gasteiger charge is 1.94. The fraction of sp³-hybridized carbons (Fsp3) is 0.722. The first-order valence-electron chi connectivity index (χ1n) is 8.35. The zero-order valence-corrected chi connectivity index (χ0v) is 13.3. The molecular weight excluding hydrogens is 246 g/mol. The summed E-state index contributed by atoms with van der Waals surface area (Å²) in [6.45, 7) is 2.24. The predicted molar refractivity (Wildman–Crippen MR) is 88.6 cm³/mol. The summed E-state index contributed by atoms with van der Waals surface area (Å²) in [5.41, 5.74) is 5.09. The van der Waals surface area contributed by atoms with Crippen molar-refractivity contribution in [2.75, 3.05) is 0 Å². The van der Waals surface area contributed by atoms with Crippen molar-refractivity contribution < 1.29 is 4.79 Å². The molecule has 0 aromatic carbocycles. The van der Waals surface area contributed by atoms with E-state index in [2.05, 4.69) is 31.2 Å². The predicted octanol–water partition coefficient (Wildman–Crippen LogP) is 5.29. The van der Waals surface area contributed by atoms with Gasteiger partial charge in [-0.25, -0.2) is 0 Å². The van der Waals surface area contributed by atoms with E-state index in [0.717, 1.165) is 19.3 Å². The average Bonchev–Trinajstić information content (AvgIpc) is 2.43. The highest BCUT2D eigenvalue weighted by Crippen LogP contribution is 2.07. The number of amides is 1. The molecule has 1 amide bonds. The monoisotopic (exact) mass is 279 g/mol. The van der Waals surface area contributed by atoms with Crippen molar-refractivity contribution in [3.63, 3.8) is 0 Å². The third-order valence-corrected chi connectivity index (χ3v) is 3.37. The van der Waals surface area contributed by atoms with Crippen LogP contribution in [0.4, 0.5) is 0 Å². The maximum Gasteiger partial charge on any atom is 0.217 e. The van der Waals surface area contributed by atoms with Crippen LogP contribution in [0.5, 0.6) is 0 Å². The molecule has 0 unspecified atom stereocenters. The van der Waals surface area contributed by atoms with Gasteiger partial charge in [0, 0.05) is 6.42 Å². The Balaban J connectivity index is 3.17. The number of nitrogens with two attached hydrogens (primary N) is 1. The summed E-state index contributed by atoms with van der Waals surface area (Å²) in [7, 11) is 0. The van der Waals surface area contributed by atoms with Gasteiger partial charge in [-0.15, -0.1) is 0 Å². The van der Waals surface area contributed by atoms with Crippen molar-refractivity contribution in [3.8, 4) is 0 Å². The topological polar surface area (TPSA) is 43.1 Å². The fourth-order valence-electron chi connectivity index (χ4n) is 2.11. The Kier molecular flexibility index (Phi) is 15.2. The first kappa shape index (κ1) is 18.9. The molecular formula is C18H33NO. The molecule has 0 aromatic rings. The number of rotatable bonds is 14. The summed E-state index contributed by atoms with van der Waals surface area (Å²) in [4.78, 5) is 10.5. The van der Waals surface area contributed by atoms with E-state index in [1.165, 1.54) is 51.4 Å². The SMILES string of the molecule is CCCCC/C=C/C/C=C/CCCCCCCC(N)=O. The van der Waals surface area contributed by atoms with Crippen molar-refractivity contribution >= 4 is 5.91 Å². The molecule has 0 saturated heterocycles. The molecule has 0 spiro atoms. The fourth-order valence-corrected chi connectivity index (χ4v) is 2.11. The highest BCUT2D eigenvalue weighted by atomic mass is 16.1. The maximum absolute atomic E-state index is 10.5. The molecule has 2 N–H and O–H groups in total. The van der Waals surface area contributed by atoms with Gasteiger partial charge in [0.2, 0.25) is 5.91 Å². The van der Waals surface area contributed by atoms with Crippen LogP contribution in [-0.4, -0.2) is 5.91 Å². The number of unbranched alkanes of at least 4 members (excludes halogenated alkanes) is 8. The van der Waals surface area contributed by atoms with Gasteiger partial charge < -0.3 is 5.73 Å². The van der Waals surface area contributed by atoms with E-state index in [4.69, 9.17) is 5.73 Å². The van der Waals surface area contributed by atoms with Gasteiger partial charge in [0.1, 0.15) is 0 Å². The van der Waals surface area contributed by atoms with Crippen LogP contribution in [0.25, 0.3) is 0 Å². The summed E-state index contributed by atoms with van der Waals surface area (Å²) >= 11 is 0. The summed E-state index contributed by atoms with van der Waals surface area (Å²) in [5.74, 6) is -0.171. The van der Waals surface area contributed by atoms with E-state index in [-0.39, 0.29) is 5.91 Å². The Bertz CT molecular complexity index is 269. The molecule has 20 heavy (non-hydrogen) atoms. The van der Waals surface area contributed by atoms with Crippen molar-refractivity contribution in [3.05, 3.63) is 24.3 Å². The van der Waals surface area contributed by atoms with Crippen molar-refractivity contribution in [2.24, 2.45) is 5.73 Å². The molecule has 0 aromatic heterocycles. The Hall–Kier alpha value is -1.05. The summed E-state index contributed by atoms with van der Waals surface area (Å²) < 4.78 is 0. The van der Waals surface area contributed by atoms with Crippen LogP contribution in [-0.2, 0) is 4.79 Å². The van der Waals surface area contributed by atoms with E-state index < -0.39 is 0 Å². The lowest BCUT2D eigenvalue weighted by Crippen LogP contribution is -2.09. The van der Waals surface area contributed by atoms with Gasteiger partial charge in [-0.05, 0) is 38.5 Å². The van der Waals surface area contributed by atoms with Gasteiger partial charge >= 0.3 is 0 Å².